The largest absolute Gasteiger partial charge is 0.469 e. The van der Waals surface area contributed by atoms with Gasteiger partial charge < -0.3 is 9.47 Å². The third kappa shape index (κ3) is 8.62. The van der Waals surface area contributed by atoms with Crippen LogP contribution >= 0.6 is 0 Å². The number of rotatable bonds is 6. The predicted octanol–water partition coefficient (Wildman–Crippen LogP) is 9.40. The first-order valence-corrected chi connectivity index (χ1v) is 23.1. The van der Waals surface area contributed by atoms with Crippen molar-refractivity contribution >= 4 is 36.7 Å². The number of benzene rings is 4. The van der Waals surface area contributed by atoms with Crippen molar-refractivity contribution in [3.8, 4) is 22.8 Å². The Morgan fingerprint density at radius 3 is 2.43 bits per heavy atom. The average molecular weight is 858 g/mol. The van der Waals surface area contributed by atoms with E-state index < -0.39 is 42.4 Å². The van der Waals surface area contributed by atoms with Crippen LogP contribution < -0.4 is 4.74 Å². The summed E-state index contributed by atoms with van der Waals surface area (Å²) in [7, 11) is -6.57. The van der Waals surface area contributed by atoms with Crippen LogP contribution in [0, 0.1) is 29.9 Å². The number of esters is 1. The first-order valence-electron chi connectivity index (χ1n) is 19.9. The Morgan fingerprint density at radius 2 is 1.70 bits per heavy atom. The molecule has 1 unspecified atom stereocenters. The summed E-state index contributed by atoms with van der Waals surface area (Å²) in [6, 6.07) is 22.4. The minimum Gasteiger partial charge on any atom is -0.469 e. The normalized spacial score (nSPS) is 18.7. The summed E-state index contributed by atoms with van der Waals surface area (Å²) in [5.41, 5.74) is 1.85. The Bertz CT molecular complexity index is 2810. The van der Waals surface area contributed by atoms with Crippen LogP contribution in [-0.4, -0.2) is 55.2 Å². The number of methoxy groups -OCH3 is 1. The van der Waals surface area contributed by atoms with E-state index >= 15 is 8.78 Å². The molecule has 0 amide bonds. The van der Waals surface area contributed by atoms with E-state index in [1.165, 1.54) is 49.7 Å². The SMILES string of the molecule is COC(=O)[C@H](C)Cc1cccc(C2(C)CCCC(C)(C)CS(=O)(=O)CCc3c(c(F)cc4c3ccn4S(=O)(=O)c3ccc(C)cc3)Oc3ccc(F)c(c3)-c3ccn2n3)c1. The van der Waals surface area contributed by atoms with Gasteiger partial charge in [0.1, 0.15) is 11.6 Å². The van der Waals surface area contributed by atoms with Crippen LogP contribution in [0.25, 0.3) is 22.2 Å². The molecular formula is C46H49F2N3O7S2. The summed E-state index contributed by atoms with van der Waals surface area (Å²) in [6.07, 6.45) is 5.05. The number of aromatic nitrogens is 3. The molecule has 0 radical (unpaired) electrons. The van der Waals surface area contributed by atoms with Crippen molar-refractivity contribution < 1.29 is 39.9 Å². The van der Waals surface area contributed by atoms with Gasteiger partial charge in [0.15, 0.2) is 21.4 Å². The van der Waals surface area contributed by atoms with E-state index in [0.29, 0.717) is 36.8 Å². The number of nitrogens with zero attached hydrogens (tertiary/aromatic N) is 3. The van der Waals surface area contributed by atoms with Crippen molar-refractivity contribution in [3.05, 3.63) is 131 Å². The number of hydrogen-bond donors (Lipinski definition) is 0. The number of ether oxygens (including phenoxy) is 2. The Morgan fingerprint density at radius 1 is 0.950 bits per heavy atom. The number of halogens is 2. The van der Waals surface area contributed by atoms with Crippen LogP contribution in [0.3, 0.4) is 0 Å². The molecule has 4 bridgehead atoms. The minimum atomic E-state index is -4.17. The first kappa shape index (κ1) is 42.8. The molecule has 60 heavy (non-hydrogen) atoms. The fourth-order valence-electron chi connectivity index (χ4n) is 8.26. The van der Waals surface area contributed by atoms with E-state index in [0.717, 1.165) is 26.7 Å². The van der Waals surface area contributed by atoms with Gasteiger partial charge in [0.05, 0.1) is 46.2 Å². The highest BCUT2D eigenvalue weighted by atomic mass is 32.2. The lowest BCUT2D eigenvalue weighted by Gasteiger charge is -2.33. The highest BCUT2D eigenvalue weighted by Crippen LogP contribution is 2.40. The third-order valence-electron chi connectivity index (χ3n) is 11.6. The number of hydrogen-bond acceptors (Lipinski definition) is 8. The van der Waals surface area contributed by atoms with E-state index in [1.54, 1.807) is 29.1 Å². The fourth-order valence-corrected chi connectivity index (χ4v) is 11.6. The van der Waals surface area contributed by atoms with Crippen molar-refractivity contribution in [1.29, 1.82) is 0 Å². The molecule has 1 aliphatic rings. The average Bonchev–Trinajstić information content (AvgIpc) is 3.86. The summed E-state index contributed by atoms with van der Waals surface area (Å²) in [5.74, 6) is -2.93. The van der Waals surface area contributed by atoms with Crippen molar-refractivity contribution in [2.24, 2.45) is 11.3 Å². The summed E-state index contributed by atoms with van der Waals surface area (Å²) < 4.78 is 102. The maximum Gasteiger partial charge on any atom is 0.308 e. The van der Waals surface area contributed by atoms with Gasteiger partial charge in [0.25, 0.3) is 10.0 Å². The third-order valence-corrected chi connectivity index (χ3v) is 15.3. The van der Waals surface area contributed by atoms with Gasteiger partial charge in [0, 0.05) is 35.0 Å². The zero-order valence-electron chi connectivity index (χ0n) is 34.5. The highest BCUT2D eigenvalue weighted by Gasteiger charge is 2.34. The molecule has 3 heterocycles. The molecule has 0 fully saturated rings. The van der Waals surface area contributed by atoms with Crippen LogP contribution in [0.5, 0.6) is 11.5 Å². The zero-order chi connectivity index (χ0) is 43.2. The van der Waals surface area contributed by atoms with Crippen molar-refractivity contribution in [2.45, 2.75) is 77.2 Å². The molecule has 0 saturated heterocycles. The second-order valence-electron chi connectivity index (χ2n) is 16.9. The first-order chi connectivity index (χ1) is 28.3. The topological polar surface area (TPSA) is 127 Å². The van der Waals surface area contributed by atoms with Crippen LogP contribution in [0.4, 0.5) is 8.78 Å². The van der Waals surface area contributed by atoms with Gasteiger partial charge in [0.2, 0.25) is 0 Å². The summed E-state index contributed by atoms with van der Waals surface area (Å²) >= 11 is 0. The molecule has 14 heteroatoms. The predicted molar refractivity (Wildman–Crippen MR) is 227 cm³/mol. The molecule has 0 spiro atoms. The molecule has 2 atom stereocenters. The van der Waals surface area contributed by atoms with Gasteiger partial charge in [-0.3, -0.25) is 9.48 Å². The number of sulfone groups is 1. The summed E-state index contributed by atoms with van der Waals surface area (Å²) in [5, 5.41) is 5.21. The van der Waals surface area contributed by atoms with Crippen LogP contribution in [0.15, 0.2) is 102 Å². The summed E-state index contributed by atoms with van der Waals surface area (Å²) in [6.45, 7) is 9.48. The molecule has 0 N–H and O–H groups in total. The maximum absolute atomic E-state index is 16.5. The Kier molecular flexibility index (Phi) is 11.6. The van der Waals surface area contributed by atoms with E-state index in [1.807, 2.05) is 58.9 Å². The molecule has 6 aromatic rings. The summed E-state index contributed by atoms with van der Waals surface area (Å²) in [4.78, 5) is 12.3. The molecule has 2 aromatic heterocycles. The van der Waals surface area contributed by atoms with E-state index in [9.17, 15) is 21.6 Å². The standard InChI is InChI=1S/C46H49F2N3O7S2/c1-30-11-14-35(15-12-30)60(55,56)50-22-17-36-37-19-24-59(53,54)29-45(3,4)20-8-21-46(5,33-10-7-9-32(26-33)25-31(2)44(52)57-6)51-23-18-41(49-51)38-27-34(13-16-39(38)47)58-43(37)40(48)28-42(36)50/h7,9-18,22-23,26-28,31H,8,19-21,24-25,29H2,1-6H3/t31-,46?/m1/s1. The Balaban J connectivity index is 1.34. The molecule has 316 valence electrons. The smallest absolute Gasteiger partial charge is 0.308 e. The second-order valence-corrected chi connectivity index (χ2v) is 20.9. The Hall–Kier alpha value is -5.34. The molecular weight excluding hydrogens is 809 g/mol. The number of fused-ring (bicyclic) bond motifs is 8. The molecule has 0 saturated carbocycles. The van der Waals surface area contributed by atoms with E-state index in [4.69, 9.17) is 14.6 Å². The monoisotopic (exact) mass is 857 g/mol. The molecule has 1 aliphatic heterocycles. The van der Waals surface area contributed by atoms with Crippen molar-refractivity contribution in [1.82, 2.24) is 13.8 Å². The molecule has 4 aromatic carbocycles. The van der Waals surface area contributed by atoms with Crippen LogP contribution in [-0.2, 0) is 47.8 Å². The molecule has 0 aliphatic carbocycles. The number of carbonyl (C=O) groups excluding carboxylic acids is 1. The van der Waals surface area contributed by atoms with Gasteiger partial charge in [-0.25, -0.2) is 29.6 Å². The fraction of sp³-hybridized carbons (Fsp3) is 0.348. The van der Waals surface area contributed by atoms with Crippen molar-refractivity contribution in [2.75, 3.05) is 18.6 Å². The van der Waals surface area contributed by atoms with Gasteiger partial charge in [-0.2, -0.15) is 5.10 Å². The Labute approximate surface area is 350 Å². The quantitative estimate of drug-likeness (QED) is 0.152. The van der Waals surface area contributed by atoms with Gasteiger partial charge in [-0.05, 0) is 98.5 Å². The number of carbonyl (C=O) groups is 1. The van der Waals surface area contributed by atoms with Crippen LogP contribution in [0.1, 0.15) is 69.2 Å². The van der Waals surface area contributed by atoms with Gasteiger partial charge in [-0.1, -0.05) is 69.2 Å². The highest BCUT2D eigenvalue weighted by molar-refractivity contribution is 7.91. The minimum absolute atomic E-state index is 0.00578. The molecule has 10 nitrogen and oxygen atoms in total. The van der Waals surface area contributed by atoms with Gasteiger partial charge in [-0.15, -0.1) is 0 Å². The molecule has 7 rings (SSSR count). The van der Waals surface area contributed by atoms with Crippen molar-refractivity contribution in [3.63, 3.8) is 0 Å². The van der Waals surface area contributed by atoms with E-state index in [-0.39, 0.29) is 62.9 Å². The lowest BCUT2D eigenvalue weighted by molar-refractivity contribution is -0.144. The lowest BCUT2D eigenvalue weighted by atomic mass is 9.82. The van der Waals surface area contributed by atoms with Gasteiger partial charge >= 0.3 is 5.97 Å². The number of aryl methyl sites for hydroxylation is 2. The maximum atomic E-state index is 16.5. The second kappa shape index (κ2) is 16.3. The van der Waals surface area contributed by atoms with Crippen LogP contribution in [0.2, 0.25) is 0 Å². The zero-order valence-corrected chi connectivity index (χ0v) is 36.2. The lowest BCUT2D eigenvalue weighted by Crippen LogP contribution is -2.33. The van der Waals surface area contributed by atoms with E-state index in [2.05, 4.69) is 0 Å².